The number of aromatic nitrogens is 1. The SMILES string of the molecule is Fc1cc(Cl)cnc1OC1CCN(Cc2ccccc2)C1. The number of rotatable bonds is 4. The lowest BCUT2D eigenvalue weighted by Gasteiger charge is -2.16. The van der Waals surface area contributed by atoms with Crippen LogP contribution in [-0.2, 0) is 6.54 Å². The molecular weight excluding hydrogens is 291 g/mol. The Kier molecular flexibility index (Phi) is 4.36. The Hall–Kier alpha value is -1.65. The Bertz CT molecular complexity index is 608. The molecule has 0 bridgehead atoms. The first-order chi connectivity index (χ1) is 10.2. The average Bonchev–Trinajstić information content (AvgIpc) is 2.90. The van der Waals surface area contributed by atoms with Crippen LogP contribution in [0.25, 0.3) is 0 Å². The molecule has 0 N–H and O–H groups in total. The summed E-state index contributed by atoms with van der Waals surface area (Å²) in [6.07, 6.45) is 2.24. The Morgan fingerprint density at radius 3 is 2.90 bits per heavy atom. The van der Waals surface area contributed by atoms with Crippen molar-refractivity contribution in [1.29, 1.82) is 0 Å². The van der Waals surface area contributed by atoms with Crippen LogP contribution in [0.15, 0.2) is 42.6 Å². The van der Waals surface area contributed by atoms with Crippen molar-refractivity contribution in [3.63, 3.8) is 0 Å². The van der Waals surface area contributed by atoms with Crippen molar-refractivity contribution in [2.75, 3.05) is 13.1 Å². The van der Waals surface area contributed by atoms with Gasteiger partial charge in [-0.15, -0.1) is 0 Å². The Labute approximate surface area is 128 Å². The van der Waals surface area contributed by atoms with Gasteiger partial charge in [-0.05, 0) is 18.1 Å². The Morgan fingerprint density at radius 2 is 2.14 bits per heavy atom. The van der Waals surface area contributed by atoms with Gasteiger partial charge in [0.2, 0.25) is 0 Å². The molecule has 3 nitrogen and oxygen atoms in total. The third-order valence-electron chi connectivity index (χ3n) is 3.53. The van der Waals surface area contributed by atoms with Crippen LogP contribution in [0, 0.1) is 5.82 Å². The van der Waals surface area contributed by atoms with Gasteiger partial charge in [-0.25, -0.2) is 9.37 Å². The number of halogens is 2. The van der Waals surface area contributed by atoms with Gasteiger partial charge in [0.15, 0.2) is 5.82 Å². The van der Waals surface area contributed by atoms with E-state index in [0.29, 0.717) is 0 Å². The predicted molar refractivity (Wildman–Crippen MR) is 80.0 cm³/mol. The quantitative estimate of drug-likeness (QED) is 0.864. The summed E-state index contributed by atoms with van der Waals surface area (Å²) in [6.45, 7) is 2.60. The minimum Gasteiger partial charge on any atom is -0.471 e. The smallest absolute Gasteiger partial charge is 0.250 e. The number of nitrogens with zero attached hydrogens (tertiary/aromatic N) is 2. The lowest BCUT2D eigenvalue weighted by molar-refractivity contribution is 0.183. The molecule has 1 atom stereocenters. The Morgan fingerprint density at radius 1 is 1.33 bits per heavy atom. The van der Waals surface area contributed by atoms with E-state index in [4.69, 9.17) is 16.3 Å². The summed E-state index contributed by atoms with van der Waals surface area (Å²) in [5, 5.41) is 0.275. The van der Waals surface area contributed by atoms with E-state index in [0.717, 1.165) is 26.1 Å². The van der Waals surface area contributed by atoms with Crippen molar-refractivity contribution < 1.29 is 9.13 Å². The van der Waals surface area contributed by atoms with Crippen molar-refractivity contribution >= 4 is 11.6 Å². The van der Waals surface area contributed by atoms with Gasteiger partial charge in [0.25, 0.3) is 5.88 Å². The molecule has 1 aliphatic heterocycles. The predicted octanol–water partition coefficient (Wildman–Crippen LogP) is 3.53. The van der Waals surface area contributed by atoms with Gasteiger partial charge in [-0.3, -0.25) is 4.90 Å². The van der Waals surface area contributed by atoms with E-state index in [1.165, 1.54) is 17.8 Å². The van der Waals surface area contributed by atoms with E-state index < -0.39 is 5.82 Å². The summed E-state index contributed by atoms with van der Waals surface area (Å²) >= 11 is 5.68. The van der Waals surface area contributed by atoms with E-state index in [1.54, 1.807) is 0 Å². The fourth-order valence-corrected chi connectivity index (χ4v) is 2.67. The summed E-state index contributed by atoms with van der Waals surface area (Å²) in [6, 6.07) is 11.5. The van der Waals surface area contributed by atoms with Crippen LogP contribution in [-0.4, -0.2) is 29.1 Å². The van der Waals surface area contributed by atoms with E-state index >= 15 is 0 Å². The Balaban J connectivity index is 1.57. The molecule has 1 aliphatic rings. The third-order valence-corrected chi connectivity index (χ3v) is 3.74. The zero-order valence-corrected chi connectivity index (χ0v) is 12.3. The van der Waals surface area contributed by atoms with Gasteiger partial charge < -0.3 is 4.74 Å². The fraction of sp³-hybridized carbons (Fsp3) is 0.312. The molecule has 0 amide bonds. The van der Waals surface area contributed by atoms with Crippen LogP contribution < -0.4 is 4.74 Å². The second kappa shape index (κ2) is 6.41. The van der Waals surface area contributed by atoms with Crippen LogP contribution in [0.3, 0.4) is 0 Å². The molecule has 1 aromatic heterocycles. The second-order valence-corrected chi connectivity index (χ2v) is 5.63. The molecule has 3 rings (SSSR count). The van der Waals surface area contributed by atoms with E-state index in [2.05, 4.69) is 22.0 Å². The maximum atomic E-state index is 13.7. The highest BCUT2D eigenvalue weighted by Gasteiger charge is 2.25. The maximum absolute atomic E-state index is 13.7. The molecule has 1 fully saturated rings. The molecule has 0 aliphatic carbocycles. The first-order valence-electron chi connectivity index (χ1n) is 6.95. The normalized spacial score (nSPS) is 18.9. The standard InChI is InChI=1S/C16H16ClFN2O/c17-13-8-15(18)16(19-9-13)21-14-6-7-20(11-14)10-12-4-2-1-3-5-12/h1-5,8-9,14H,6-7,10-11H2. The number of benzene rings is 1. The zero-order chi connectivity index (χ0) is 14.7. The van der Waals surface area contributed by atoms with E-state index in [9.17, 15) is 4.39 Å². The van der Waals surface area contributed by atoms with E-state index in [-0.39, 0.29) is 17.0 Å². The molecule has 21 heavy (non-hydrogen) atoms. The molecule has 0 saturated carbocycles. The van der Waals surface area contributed by atoms with Crippen molar-refractivity contribution in [2.45, 2.75) is 19.1 Å². The molecule has 2 aromatic rings. The third kappa shape index (κ3) is 3.71. The molecular formula is C16H16ClFN2O. The van der Waals surface area contributed by atoms with Gasteiger partial charge in [0, 0.05) is 25.8 Å². The zero-order valence-electron chi connectivity index (χ0n) is 11.5. The molecule has 1 aromatic carbocycles. The summed E-state index contributed by atoms with van der Waals surface area (Å²) in [4.78, 5) is 6.20. The van der Waals surface area contributed by atoms with Gasteiger partial charge in [-0.2, -0.15) is 0 Å². The lowest BCUT2D eigenvalue weighted by atomic mass is 10.2. The first kappa shape index (κ1) is 14.3. The summed E-state index contributed by atoms with van der Waals surface area (Å²) in [5.74, 6) is -0.477. The average molecular weight is 307 g/mol. The molecule has 2 heterocycles. The highest BCUT2D eigenvalue weighted by Crippen LogP contribution is 2.22. The number of ether oxygens (including phenoxy) is 1. The van der Waals surface area contributed by atoms with Gasteiger partial charge >= 0.3 is 0 Å². The van der Waals surface area contributed by atoms with Gasteiger partial charge in [0.1, 0.15) is 6.10 Å². The highest BCUT2D eigenvalue weighted by molar-refractivity contribution is 6.30. The maximum Gasteiger partial charge on any atom is 0.250 e. The van der Waals surface area contributed by atoms with Gasteiger partial charge in [-0.1, -0.05) is 41.9 Å². The summed E-state index contributed by atoms with van der Waals surface area (Å²) in [5.41, 5.74) is 1.27. The number of likely N-dealkylation sites (tertiary alicyclic amines) is 1. The van der Waals surface area contributed by atoms with Crippen molar-refractivity contribution in [1.82, 2.24) is 9.88 Å². The molecule has 1 unspecified atom stereocenters. The van der Waals surface area contributed by atoms with Crippen LogP contribution in [0.1, 0.15) is 12.0 Å². The van der Waals surface area contributed by atoms with Gasteiger partial charge in [0.05, 0.1) is 5.02 Å². The topological polar surface area (TPSA) is 25.4 Å². The first-order valence-corrected chi connectivity index (χ1v) is 7.32. The van der Waals surface area contributed by atoms with Crippen LogP contribution >= 0.6 is 11.6 Å². The second-order valence-electron chi connectivity index (χ2n) is 5.19. The minimum absolute atomic E-state index is 0.0307. The lowest BCUT2D eigenvalue weighted by Crippen LogP contribution is -2.25. The largest absolute Gasteiger partial charge is 0.471 e. The number of hydrogen-bond donors (Lipinski definition) is 0. The van der Waals surface area contributed by atoms with Crippen molar-refractivity contribution in [3.8, 4) is 5.88 Å². The molecule has 0 radical (unpaired) electrons. The fourth-order valence-electron chi connectivity index (χ4n) is 2.53. The van der Waals surface area contributed by atoms with Crippen molar-refractivity contribution in [3.05, 3.63) is 59.0 Å². The number of hydrogen-bond acceptors (Lipinski definition) is 3. The van der Waals surface area contributed by atoms with E-state index in [1.807, 2.05) is 18.2 Å². The molecule has 0 spiro atoms. The molecule has 1 saturated heterocycles. The number of pyridine rings is 1. The highest BCUT2D eigenvalue weighted by atomic mass is 35.5. The minimum atomic E-state index is -0.510. The summed E-state index contributed by atoms with van der Waals surface area (Å²) in [7, 11) is 0. The molecule has 5 heteroatoms. The monoisotopic (exact) mass is 306 g/mol. The van der Waals surface area contributed by atoms with Crippen LogP contribution in [0.5, 0.6) is 5.88 Å². The van der Waals surface area contributed by atoms with Crippen molar-refractivity contribution in [2.24, 2.45) is 0 Å². The molecule has 110 valence electrons. The summed E-state index contributed by atoms with van der Waals surface area (Å²) < 4.78 is 19.3. The van der Waals surface area contributed by atoms with Crippen LogP contribution in [0.4, 0.5) is 4.39 Å². The van der Waals surface area contributed by atoms with Crippen LogP contribution in [0.2, 0.25) is 5.02 Å².